The molecule has 3 heterocycles. The zero-order valence-corrected chi connectivity index (χ0v) is 19.9. The summed E-state index contributed by atoms with van der Waals surface area (Å²) in [4.78, 5) is 22.4. The molecule has 3 aromatic rings. The van der Waals surface area contributed by atoms with Gasteiger partial charge in [0.1, 0.15) is 11.3 Å². The van der Waals surface area contributed by atoms with Crippen molar-refractivity contribution in [3.05, 3.63) is 54.1 Å². The Morgan fingerprint density at radius 1 is 1.06 bits per heavy atom. The topological polar surface area (TPSA) is 70.8 Å². The Hall–Kier alpha value is -3.06. The van der Waals surface area contributed by atoms with Gasteiger partial charge in [-0.15, -0.1) is 0 Å². The number of benzene rings is 2. The number of methoxy groups -OCH3 is 1. The van der Waals surface area contributed by atoms with E-state index in [2.05, 4.69) is 32.2 Å². The van der Waals surface area contributed by atoms with E-state index in [0.29, 0.717) is 12.6 Å². The van der Waals surface area contributed by atoms with Crippen molar-refractivity contribution in [3.8, 4) is 5.75 Å². The predicted octanol–water partition coefficient (Wildman–Crippen LogP) is 4.40. The Bertz CT molecular complexity index is 1050. The number of para-hydroxylation sites is 2. The van der Waals surface area contributed by atoms with Gasteiger partial charge in [-0.3, -0.25) is 9.69 Å². The molecule has 1 N–H and O–H groups in total. The van der Waals surface area contributed by atoms with Gasteiger partial charge in [-0.25, -0.2) is 0 Å². The Labute approximate surface area is 201 Å². The molecule has 34 heavy (non-hydrogen) atoms. The van der Waals surface area contributed by atoms with Crippen LogP contribution >= 0.6 is 0 Å². The van der Waals surface area contributed by atoms with Crippen molar-refractivity contribution in [1.29, 1.82) is 0 Å². The van der Waals surface area contributed by atoms with Gasteiger partial charge in [-0.05, 0) is 68.6 Å². The highest BCUT2D eigenvalue weighted by Crippen LogP contribution is 2.28. The van der Waals surface area contributed by atoms with Crippen molar-refractivity contribution in [1.82, 2.24) is 15.2 Å². The molecule has 2 aliphatic heterocycles. The van der Waals surface area contributed by atoms with Crippen molar-refractivity contribution in [3.63, 3.8) is 0 Å². The van der Waals surface area contributed by atoms with Crippen molar-refractivity contribution in [2.45, 2.75) is 38.1 Å². The SMILES string of the molecule is COc1ccc(C(CNC(=O)C2CCN(c3nc4ccccc4o3)CC2)N2CCCCC2)cc1. The monoisotopic (exact) mass is 462 g/mol. The summed E-state index contributed by atoms with van der Waals surface area (Å²) >= 11 is 0. The van der Waals surface area contributed by atoms with Crippen molar-refractivity contribution < 1.29 is 13.9 Å². The molecule has 2 saturated heterocycles. The fourth-order valence-electron chi connectivity index (χ4n) is 5.18. The zero-order valence-electron chi connectivity index (χ0n) is 19.9. The largest absolute Gasteiger partial charge is 0.497 e. The van der Waals surface area contributed by atoms with Crippen LogP contribution in [0.3, 0.4) is 0 Å². The minimum Gasteiger partial charge on any atom is -0.497 e. The van der Waals surface area contributed by atoms with Gasteiger partial charge >= 0.3 is 0 Å². The number of piperidine rings is 2. The maximum atomic E-state index is 13.1. The molecule has 1 atom stereocenters. The average molecular weight is 463 g/mol. The number of fused-ring (bicyclic) bond motifs is 1. The van der Waals surface area contributed by atoms with Gasteiger partial charge in [0.15, 0.2) is 5.58 Å². The van der Waals surface area contributed by atoms with Gasteiger partial charge in [0.2, 0.25) is 5.91 Å². The van der Waals surface area contributed by atoms with Crippen LogP contribution < -0.4 is 15.0 Å². The number of rotatable bonds is 7. The number of carbonyl (C=O) groups excluding carboxylic acids is 1. The van der Waals surface area contributed by atoms with Gasteiger partial charge in [0.05, 0.1) is 13.2 Å². The lowest BCUT2D eigenvalue weighted by Crippen LogP contribution is -2.44. The van der Waals surface area contributed by atoms with Crippen molar-refractivity contribution in [2.75, 3.05) is 44.7 Å². The highest BCUT2D eigenvalue weighted by atomic mass is 16.5. The van der Waals surface area contributed by atoms with Crippen LogP contribution in [0.4, 0.5) is 6.01 Å². The van der Waals surface area contributed by atoms with Crippen molar-refractivity contribution >= 4 is 23.0 Å². The van der Waals surface area contributed by atoms with Gasteiger partial charge in [0.25, 0.3) is 6.01 Å². The van der Waals surface area contributed by atoms with E-state index in [-0.39, 0.29) is 17.9 Å². The van der Waals surface area contributed by atoms with E-state index in [1.165, 1.54) is 24.8 Å². The van der Waals surface area contributed by atoms with Crippen LogP contribution in [-0.2, 0) is 4.79 Å². The summed E-state index contributed by atoms with van der Waals surface area (Å²) in [6, 6.07) is 16.9. The number of likely N-dealkylation sites (tertiary alicyclic amines) is 1. The lowest BCUT2D eigenvalue weighted by atomic mass is 9.95. The average Bonchev–Trinajstić information content (AvgIpc) is 3.34. The molecule has 1 amide bonds. The molecule has 2 aromatic carbocycles. The van der Waals surface area contributed by atoms with E-state index in [0.717, 1.165) is 55.9 Å². The second-order valence-electron chi connectivity index (χ2n) is 9.36. The molecule has 0 saturated carbocycles. The molecule has 0 spiro atoms. The number of oxazole rings is 1. The van der Waals surface area contributed by atoms with E-state index in [1.54, 1.807) is 7.11 Å². The molecular weight excluding hydrogens is 428 g/mol. The standard InChI is InChI=1S/C27H34N4O3/c1-33-22-11-9-20(10-12-22)24(30-15-5-2-6-16-30)19-28-26(32)21-13-17-31(18-14-21)27-29-23-7-3-4-8-25(23)34-27/h3-4,7-12,21,24H,2,5-6,13-19H2,1H3,(H,28,32). The second kappa shape index (κ2) is 10.5. The number of anilines is 1. The number of hydrogen-bond donors (Lipinski definition) is 1. The lowest BCUT2D eigenvalue weighted by Gasteiger charge is -2.36. The minimum absolute atomic E-state index is 0.0264. The summed E-state index contributed by atoms with van der Waals surface area (Å²) in [5, 5.41) is 3.28. The number of aromatic nitrogens is 1. The molecule has 2 fully saturated rings. The van der Waals surface area contributed by atoms with Gasteiger partial charge in [-0.1, -0.05) is 30.7 Å². The molecular formula is C27H34N4O3. The van der Waals surface area contributed by atoms with Crippen LogP contribution in [0.2, 0.25) is 0 Å². The number of amides is 1. The first-order valence-electron chi connectivity index (χ1n) is 12.5. The molecule has 7 nitrogen and oxygen atoms in total. The maximum absolute atomic E-state index is 13.1. The molecule has 1 unspecified atom stereocenters. The van der Waals surface area contributed by atoms with E-state index < -0.39 is 0 Å². The third kappa shape index (κ3) is 5.04. The van der Waals surface area contributed by atoms with E-state index in [4.69, 9.17) is 9.15 Å². The Kier molecular flexibility index (Phi) is 7.00. The third-order valence-electron chi connectivity index (χ3n) is 7.22. The molecule has 0 radical (unpaired) electrons. The quantitative estimate of drug-likeness (QED) is 0.561. The summed E-state index contributed by atoms with van der Waals surface area (Å²) < 4.78 is 11.2. The summed E-state index contributed by atoms with van der Waals surface area (Å²) in [6.45, 7) is 4.35. The summed E-state index contributed by atoms with van der Waals surface area (Å²) in [5.74, 6) is 1.04. The Morgan fingerprint density at radius 2 is 1.79 bits per heavy atom. The first-order chi connectivity index (χ1) is 16.7. The molecule has 1 aromatic heterocycles. The van der Waals surface area contributed by atoms with E-state index >= 15 is 0 Å². The summed E-state index contributed by atoms with van der Waals surface area (Å²) in [5.41, 5.74) is 2.91. The molecule has 0 aliphatic carbocycles. The van der Waals surface area contributed by atoms with Gasteiger partial charge in [0, 0.05) is 25.6 Å². The highest BCUT2D eigenvalue weighted by Gasteiger charge is 2.29. The first-order valence-corrected chi connectivity index (χ1v) is 12.5. The first kappa shape index (κ1) is 22.7. The minimum atomic E-state index is 0.0264. The number of nitrogens with zero attached hydrogens (tertiary/aromatic N) is 3. The fourth-order valence-corrected chi connectivity index (χ4v) is 5.18. The Balaban J connectivity index is 1.18. The molecule has 180 valence electrons. The Morgan fingerprint density at radius 3 is 2.50 bits per heavy atom. The van der Waals surface area contributed by atoms with Gasteiger partial charge in [-0.2, -0.15) is 4.98 Å². The number of nitrogens with one attached hydrogen (secondary N) is 1. The van der Waals surface area contributed by atoms with Crippen LogP contribution in [-0.4, -0.2) is 55.6 Å². The van der Waals surface area contributed by atoms with Gasteiger partial charge < -0.3 is 19.4 Å². The maximum Gasteiger partial charge on any atom is 0.298 e. The van der Waals surface area contributed by atoms with Crippen LogP contribution in [0, 0.1) is 5.92 Å². The predicted molar refractivity (Wildman–Crippen MR) is 133 cm³/mol. The molecule has 0 bridgehead atoms. The number of carbonyl (C=O) groups is 1. The highest BCUT2D eigenvalue weighted by molar-refractivity contribution is 5.79. The normalized spacial score (nSPS) is 18.7. The number of ether oxygens (including phenoxy) is 1. The zero-order chi connectivity index (χ0) is 23.3. The van der Waals surface area contributed by atoms with Crippen LogP contribution in [0.5, 0.6) is 5.75 Å². The molecule has 5 rings (SSSR count). The summed E-state index contributed by atoms with van der Waals surface area (Å²) in [7, 11) is 1.69. The fraction of sp³-hybridized carbons (Fsp3) is 0.481. The van der Waals surface area contributed by atoms with Crippen LogP contribution in [0.1, 0.15) is 43.7 Å². The summed E-state index contributed by atoms with van der Waals surface area (Å²) in [6.07, 6.45) is 5.34. The smallest absolute Gasteiger partial charge is 0.298 e. The number of hydrogen-bond acceptors (Lipinski definition) is 6. The van der Waals surface area contributed by atoms with E-state index in [9.17, 15) is 4.79 Å². The van der Waals surface area contributed by atoms with Crippen LogP contribution in [0.25, 0.3) is 11.1 Å². The van der Waals surface area contributed by atoms with Crippen molar-refractivity contribution in [2.24, 2.45) is 5.92 Å². The lowest BCUT2D eigenvalue weighted by molar-refractivity contribution is -0.125. The molecule has 2 aliphatic rings. The second-order valence-corrected chi connectivity index (χ2v) is 9.36. The third-order valence-corrected chi connectivity index (χ3v) is 7.22. The van der Waals surface area contributed by atoms with E-state index in [1.807, 2.05) is 36.4 Å². The molecule has 7 heteroatoms. The van der Waals surface area contributed by atoms with Crippen LogP contribution in [0.15, 0.2) is 52.9 Å².